The second-order valence-electron chi connectivity index (χ2n) is 5.69. The van der Waals surface area contributed by atoms with Crippen LogP contribution in [0.4, 0.5) is 5.69 Å². The van der Waals surface area contributed by atoms with E-state index in [0.29, 0.717) is 25.6 Å². The van der Waals surface area contributed by atoms with Gasteiger partial charge in [0.05, 0.1) is 12.2 Å². The summed E-state index contributed by atoms with van der Waals surface area (Å²) < 4.78 is 5.63. The summed E-state index contributed by atoms with van der Waals surface area (Å²) in [5.74, 6) is 1.47. The summed E-state index contributed by atoms with van der Waals surface area (Å²) in [6.07, 6.45) is 4.39. The van der Waals surface area contributed by atoms with Crippen LogP contribution in [0.5, 0.6) is 5.75 Å². The molecule has 1 aromatic carbocycles. The Kier molecular flexibility index (Phi) is 3.92. The van der Waals surface area contributed by atoms with Gasteiger partial charge >= 0.3 is 0 Å². The number of para-hydroxylation sites is 2. The zero-order valence-electron chi connectivity index (χ0n) is 11.8. The van der Waals surface area contributed by atoms with E-state index in [4.69, 9.17) is 10.5 Å². The van der Waals surface area contributed by atoms with Crippen LogP contribution in [0.3, 0.4) is 0 Å². The van der Waals surface area contributed by atoms with Gasteiger partial charge in [0.1, 0.15) is 12.4 Å². The topological polar surface area (TPSA) is 55.6 Å². The average molecular weight is 274 g/mol. The molecule has 4 heteroatoms. The van der Waals surface area contributed by atoms with Crippen LogP contribution in [0.2, 0.25) is 0 Å². The number of benzene rings is 1. The molecule has 20 heavy (non-hydrogen) atoms. The zero-order valence-corrected chi connectivity index (χ0v) is 11.8. The fraction of sp³-hybridized carbons (Fsp3) is 0.562. The number of nitrogens with two attached hydrogens (primary N) is 1. The first-order chi connectivity index (χ1) is 9.81. The Balaban J connectivity index is 1.84. The standard InChI is InChI=1S/C16H22N2O2/c17-11-12-5-1-2-6-13(12)16(19)18-9-10-20-15-8-4-3-7-14(15)18/h3-4,7-8,12-13H,1-2,5-6,9-11,17H2. The number of amides is 1. The molecule has 0 spiro atoms. The van der Waals surface area contributed by atoms with Gasteiger partial charge in [-0.2, -0.15) is 0 Å². The highest BCUT2D eigenvalue weighted by atomic mass is 16.5. The number of hydrogen-bond acceptors (Lipinski definition) is 3. The minimum atomic E-state index is 0.0832. The van der Waals surface area contributed by atoms with E-state index in [1.807, 2.05) is 29.2 Å². The largest absolute Gasteiger partial charge is 0.490 e. The van der Waals surface area contributed by atoms with Crippen molar-refractivity contribution in [1.29, 1.82) is 0 Å². The van der Waals surface area contributed by atoms with Crippen molar-refractivity contribution >= 4 is 11.6 Å². The van der Waals surface area contributed by atoms with Crippen molar-refractivity contribution in [3.05, 3.63) is 24.3 Å². The lowest BCUT2D eigenvalue weighted by atomic mass is 9.78. The van der Waals surface area contributed by atoms with E-state index in [2.05, 4.69) is 0 Å². The van der Waals surface area contributed by atoms with E-state index in [0.717, 1.165) is 30.7 Å². The highest BCUT2D eigenvalue weighted by Gasteiger charge is 2.35. The van der Waals surface area contributed by atoms with Gasteiger partial charge < -0.3 is 15.4 Å². The molecule has 1 heterocycles. The second kappa shape index (κ2) is 5.83. The Morgan fingerprint density at radius 1 is 1.30 bits per heavy atom. The van der Waals surface area contributed by atoms with Gasteiger partial charge in [0, 0.05) is 5.92 Å². The maximum absolute atomic E-state index is 12.9. The van der Waals surface area contributed by atoms with Crippen molar-refractivity contribution in [3.63, 3.8) is 0 Å². The SMILES string of the molecule is NCC1CCCCC1C(=O)N1CCOc2ccccc21. The maximum atomic E-state index is 12.9. The van der Waals surface area contributed by atoms with E-state index >= 15 is 0 Å². The van der Waals surface area contributed by atoms with E-state index in [1.54, 1.807) is 0 Å². The minimum Gasteiger partial charge on any atom is -0.490 e. The summed E-state index contributed by atoms with van der Waals surface area (Å²) in [6, 6.07) is 7.79. The Hall–Kier alpha value is -1.55. The summed E-state index contributed by atoms with van der Waals surface area (Å²) in [5, 5.41) is 0. The van der Waals surface area contributed by atoms with Crippen LogP contribution in [0.1, 0.15) is 25.7 Å². The number of fused-ring (bicyclic) bond motifs is 1. The Labute approximate surface area is 119 Å². The molecule has 0 bridgehead atoms. The Morgan fingerprint density at radius 2 is 2.10 bits per heavy atom. The van der Waals surface area contributed by atoms with Crippen LogP contribution >= 0.6 is 0 Å². The summed E-state index contributed by atoms with van der Waals surface area (Å²) >= 11 is 0. The first-order valence-corrected chi connectivity index (χ1v) is 7.54. The van der Waals surface area contributed by atoms with Crippen LogP contribution in [0, 0.1) is 11.8 Å². The molecule has 1 fully saturated rings. The number of hydrogen-bond donors (Lipinski definition) is 1. The van der Waals surface area contributed by atoms with Gasteiger partial charge in [-0.3, -0.25) is 4.79 Å². The number of ether oxygens (including phenoxy) is 1. The maximum Gasteiger partial charge on any atom is 0.230 e. The molecule has 1 saturated carbocycles. The number of carbonyl (C=O) groups is 1. The Bertz CT molecular complexity index is 489. The summed E-state index contributed by atoms with van der Waals surface area (Å²) in [7, 11) is 0. The lowest BCUT2D eigenvalue weighted by molar-refractivity contribution is -0.125. The molecule has 2 N–H and O–H groups in total. The quantitative estimate of drug-likeness (QED) is 0.899. The third-order valence-corrected chi connectivity index (χ3v) is 4.52. The molecule has 0 saturated heterocycles. The molecule has 0 aromatic heterocycles. The summed E-state index contributed by atoms with van der Waals surface area (Å²) in [6.45, 7) is 1.83. The van der Waals surface area contributed by atoms with Crippen molar-refractivity contribution in [2.75, 3.05) is 24.6 Å². The van der Waals surface area contributed by atoms with Gasteiger partial charge in [0.2, 0.25) is 5.91 Å². The highest BCUT2D eigenvalue weighted by molar-refractivity contribution is 5.97. The monoisotopic (exact) mass is 274 g/mol. The predicted molar refractivity (Wildman–Crippen MR) is 78.8 cm³/mol. The molecule has 2 aliphatic rings. The lowest BCUT2D eigenvalue weighted by Gasteiger charge is -2.36. The van der Waals surface area contributed by atoms with Gasteiger partial charge in [-0.1, -0.05) is 25.0 Å². The van der Waals surface area contributed by atoms with Crippen LogP contribution in [-0.4, -0.2) is 25.6 Å². The van der Waals surface area contributed by atoms with Crippen molar-refractivity contribution in [3.8, 4) is 5.75 Å². The van der Waals surface area contributed by atoms with Crippen molar-refractivity contribution < 1.29 is 9.53 Å². The Morgan fingerprint density at radius 3 is 2.95 bits per heavy atom. The van der Waals surface area contributed by atoms with Gasteiger partial charge in [-0.15, -0.1) is 0 Å². The van der Waals surface area contributed by atoms with E-state index in [1.165, 1.54) is 6.42 Å². The highest BCUT2D eigenvalue weighted by Crippen LogP contribution is 2.36. The van der Waals surface area contributed by atoms with Crippen molar-refractivity contribution in [2.24, 2.45) is 17.6 Å². The van der Waals surface area contributed by atoms with Gasteiger partial charge in [-0.25, -0.2) is 0 Å². The van der Waals surface area contributed by atoms with E-state index in [-0.39, 0.29) is 11.8 Å². The van der Waals surface area contributed by atoms with Crippen LogP contribution in [-0.2, 0) is 4.79 Å². The predicted octanol–water partition coefficient (Wildman–Crippen LogP) is 2.18. The molecular formula is C16H22N2O2. The average Bonchev–Trinajstić information content (AvgIpc) is 2.53. The molecule has 0 radical (unpaired) electrons. The fourth-order valence-corrected chi connectivity index (χ4v) is 3.41. The normalized spacial score (nSPS) is 25.8. The van der Waals surface area contributed by atoms with Gasteiger partial charge in [0.15, 0.2) is 0 Å². The van der Waals surface area contributed by atoms with Crippen molar-refractivity contribution in [2.45, 2.75) is 25.7 Å². The summed E-state index contributed by atoms with van der Waals surface area (Å²) in [5.41, 5.74) is 6.77. The molecule has 3 rings (SSSR count). The molecule has 1 aliphatic heterocycles. The second-order valence-corrected chi connectivity index (χ2v) is 5.69. The fourth-order valence-electron chi connectivity index (χ4n) is 3.41. The molecule has 1 amide bonds. The van der Waals surface area contributed by atoms with Gasteiger partial charge in [0.25, 0.3) is 0 Å². The molecule has 4 nitrogen and oxygen atoms in total. The van der Waals surface area contributed by atoms with Gasteiger partial charge in [-0.05, 0) is 37.4 Å². The number of nitrogens with zero attached hydrogens (tertiary/aromatic N) is 1. The lowest BCUT2D eigenvalue weighted by Crippen LogP contribution is -2.45. The van der Waals surface area contributed by atoms with E-state index < -0.39 is 0 Å². The van der Waals surface area contributed by atoms with Crippen LogP contribution < -0.4 is 15.4 Å². The zero-order chi connectivity index (χ0) is 13.9. The number of rotatable bonds is 2. The molecule has 2 atom stereocenters. The molecule has 1 aliphatic carbocycles. The number of anilines is 1. The first kappa shape index (κ1) is 13.4. The van der Waals surface area contributed by atoms with Crippen LogP contribution in [0.15, 0.2) is 24.3 Å². The third-order valence-electron chi connectivity index (χ3n) is 4.52. The minimum absolute atomic E-state index is 0.0832. The molecule has 2 unspecified atom stereocenters. The first-order valence-electron chi connectivity index (χ1n) is 7.54. The molecule has 108 valence electrons. The van der Waals surface area contributed by atoms with Crippen LogP contribution in [0.25, 0.3) is 0 Å². The molecular weight excluding hydrogens is 252 g/mol. The smallest absolute Gasteiger partial charge is 0.230 e. The van der Waals surface area contributed by atoms with Crippen molar-refractivity contribution in [1.82, 2.24) is 0 Å². The summed E-state index contributed by atoms with van der Waals surface area (Å²) in [4.78, 5) is 14.8. The number of carbonyl (C=O) groups excluding carboxylic acids is 1. The third kappa shape index (κ3) is 2.40. The van der Waals surface area contributed by atoms with E-state index in [9.17, 15) is 4.79 Å². The molecule has 1 aromatic rings.